The second-order valence-electron chi connectivity index (χ2n) is 2.70. The van der Waals surface area contributed by atoms with E-state index in [1.165, 1.54) is 16.5 Å². The summed E-state index contributed by atoms with van der Waals surface area (Å²) in [4.78, 5) is 0. The van der Waals surface area contributed by atoms with Gasteiger partial charge in [0, 0.05) is 0 Å². The number of hydrogen-bond acceptors (Lipinski definition) is 0. The summed E-state index contributed by atoms with van der Waals surface area (Å²) in [6, 6.07) is 0. The Balaban J connectivity index is 0. The van der Waals surface area contributed by atoms with Crippen LogP contribution in [0.1, 0.15) is 19.8 Å². The maximum Gasteiger partial charge on any atom is -1.00 e. The molecule has 0 spiro atoms. The van der Waals surface area contributed by atoms with Crippen molar-refractivity contribution in [1.29, 1.82) is 0 Å². The van der Waals surface area contributed by atoms with E-state index in [9.17, 15) is 0 Å². The molecule has 2 heteroatoms. The summed E-state index contributed by atoms with van der Waals surface area (Å²) in [6.45, 7) is 9.76. The molecule has 0 saturated heterocycles. The predicted octanol–water partition coefficient (Wildman–Crippen LogP) is -0.264. The number of allylic oxidation sites excluding steroid dienone is 2. The minimum atomic E-state index is 0. The normalized spacial score (nSPS) is 11.5. The van der Waals surface area contributed by atoms with Gasteiger partial charge in [-0.1, -0.05) is 0 Å². The van der Waals surface area contributed by atoms with Gasteiger partial charge >= 0.3 is 76.7 Å². The van der Waals surface area contributed by atoms with Crippen LogP contribution in [0.5, 0.6) is 0 Å². The molecule has 0 aliphatic rings. The Labute approximate surface area is 89.0 Å². The minimum Gasteiger partial charge on any atom is -1.00 e. The molecule has 0 radical (unpaired) electrons. The first kappa shape index (κ1) is 14.1. The van der Waals surface area contributed by atoms with E-state index in [1.807, 2.05) is 27.8 Å². The van der Waals surface area contributed by atoms with Crippen molar-refractivity contribution in [2.24, 2.45) is 5.92 Å². The first-order valence-corrected chi connectivity index (χ1v) is 4.78. The molecular weight excluding hydrogens is 168 g/mol. The third-order valence-electron chi connectivity index (χ3n) is 1.76. The summed E-state index contributed by atoms with van der Waals surface area (Å²) >= 11 is 2.03. The molecule has 0 bridgehead atoms. The third kappa shape index (κ3) is 6.92. The average Bonchev–Trinajstić information content (AvgIpc) is 1.89. The molecule has 0 aromatic rings. The Morgan fingerprint density at radius 2 is 2.18 bits per heavy atom. The molecule has 0 heterocycles. The zero-order valence-electron chi connectivity index (χ0n) is 7.28. The fourth-order valence-corrected chi connectivity index (χ4v) is 1.74. The van der Waals surface area contributed by atoms with E-state index in [0.29, 0.717) is 0 Å². The van der Waals surface area contributed by atoms with E-state index in [2.05, 4.69) is 20.1 Å². The van der Waals surface area contributed by atoms with E-state index < -0.39 is 0 Å². The van der Waals surface area contributed by atoms with Crippen LogP contribution in [-0.2, 0) is 0 Å². The smallest absolute Gasteiger partial charge is 1.00 e. The van der Waals surface area contributed by atoms with Crippen LogP contribution in [0.25, 0.3) is 0 Å². The third-order valence-corrected chi connectivity index (χ3v) is 2.46. The molecule has 0 aromatic carbocycles. The van der Waals surface area contributed by atoms with Crippen LogP contribution in [0.4, 0.5) is 0 Å². The van der Waals surface area contributed by atoms with Crippen LogP contribution < -0.4 is 12.4 Å². The second-order valence-corrected chi connectivity index (χ2v) is 3.28. The van der Waals surface area contributed by atoms with Crippen LogP contribution in [0.15, 0.2) is 24.8 Å². The van der Waals surface area contributed by atoms with E-state index in [0.717, 1.165) is 12.3 Å². The average molecular weight is 183 g/mol. The Morgan fingerprint density at radius 1 is 1.64 bits per heavy atom. The van der Waals surface area contributed by atoms with Crippen molar-refractivity contribution in [3.8, 4) is 0 Å². The Hall–Kier alpha value is 0.536. The van der Waals surface area contributed by atoms with Crippen LogP contribution in [0, 0.1) is 5.92 Å². The van der Waals surface area contributed by atoms with E-state index in [1.54, 1.807) is 0 Å². The molecule has 0 N–H and O–H groups in total. The number of halogens is 1. The summed E-state index contributed by atoms with van der Waals surface area (Å²) in [5.41, 5.74) is 1.32. The Kier molecular flexibility index (Phi) is 11.0. The second kappa shape index (κ2) is 8.63. The number of hydrogen-bond donors (Lipinski definition) is 0. The van der Waals surface area contributed by atoms with Gasteiger partial charge < -0.3 is 12.4 Å². The van der Waals surface area contributed by atoms with Crippen molar-refractivity contribution in [3.05, 3.63) is 24.8 Å². The van der Waals surface area contributed by atoms with Crippen molar-refractivity contribution < 1.29 is 12.4 Å². The summed E-state index contributed by atoms with van der Waals surface area (Å²) in [6.07, 6.45) is 4.33. The largest absolute Gasteiger partial charge is 1.00 e. The summed E-state index contributed by atoms with van der Waals surface area (Å²) in [5.74, 6) is 0.719. The van der Waals surface area contributed by atoms with Crippen molar-refractivity contribution in [2.45, 2.75) is 24.3 Å². The Morgan fingerprint density at radius 3 is 2.45 bits per heavy atom. The van der Waals surface area contributed by atoms with Gasteiger partial charge in [0.2, 0.25) is 0 Å². The van der Waals surface area contributed by atoms with E-state index >= 15 is 0 Å². The van der Waals surface area contributed by atoms with Gasteiger partial charge in [0.15, 0.2) is 0 Å². The summed E-state index contributed by atoms with van der Waals surface area (Å²) in [5, 5.41) is 0. The van der Waals surface area contributed by atoms with Gasteiger partial charge in [0.1, 0.15) is 0 Å². The van der Waals surface area contributed by atoms with Gasteiger partial charge in [-0.2, -0.15) is 0 Å². The van der Waals surface area contributed by atoms with Crippen LogP contribution in [0.3, 0.4) is 0 Å². The van der Waals surface area contributed by atoms with Gasteiger partial charge in [-0.15, -0.1) is 0 Å². The minimum absolute atomic E-state index is 0. The predicted molar refractivity (Wildman–Crippen MR) is 48.3 cm³/mol. The van der Waals surface area contributed by atoms with Gasteiger partial charge in [-0.3, -0.25) is 0 Å². The van der Waals surface area contributed by atoms with Crippen molar-refractivity contribution >= 4 is 21.7 Å². The van der Waals surface area contributed by atoms with Gasteiger partial charge in [-0.25, -0.2) is 0 Å². The molecule has 0 aliphatic carbocycles. The standard InChI is InChI=1S/C9H15.ClH.Mg/c1-5-6-7-9(4)8(2)3;;/h5,9H,1-2,4,6-7H2,3H3;1H;/q;;+1/p-1. The zero-order chi connectivity index (χ0) is 7.98. The zero-order valence-corrected chi connectivity index (χ0v) is 9.45. The van der Waals surface area contributed by atoms with Crippen LogP contribution >= 0.6 is 0 Å². The SMILES string of the molecule is C=CCCC([CH2][Mg+])C(=C)C.[Cl-]. The van der Waals surface area contributed by atoms with Crippen LogP contribution in [0.2, 0.25) is 4.55 Å². The van der Waals surface area contributed by atoms with Gasteiger partial charge in [0.05, 0.1) is 0 Å². The van der Waals surface area contributed by atoms with Crippen molar-refractivity contribution in [2.75, 3.05) is 0 Å². The number of rotatable bonds is 5. The molecule has 0 fully saturated rings. The first-order chi connectivity index (χ1) is 4.72. The van der Waals surface area contributed by atoms with E-state index in [4.69, 9.17) is 0 Å². The molecule has 0 nitrogen and oxygen atoms in total. The van der Waals surface area contributed by atoms with Crippen molar-refractivity contribution in [3.63, 3.8) is 0 Å². The fraction of sp³-hybridized carbons (Fsp3) is 0.556. The molecule has 0 aromatic heterocycles. The molecule has 11 heavy (non-hydrogen) atoms. The van der Waals surface area contributed by atoms with Gasteiger partial charge in [0.25, 0.3) is 0 Å². The summed E-state index contributed by atoms with van der Waals surface area (Å²) in [7, 11) is 0. The quantitative estimate of drug-likeness (QED) is 0.406. The van der Waals surface area contributed by atoms with Crippen molar-refractivity contribution in [1.82, 2.24) is 0 Å². The maximum atomic E-state index is 3.95. The molecule has 0 amide bonds. The molecule has 0 rings (SSSR count). The Bertz CT molecular complexity index is 121. The maximum absolute atomic E-state index is 3.95. The monoisotopic (exact) mass is 182 g/mol. The summed E-state index contributed by atoms with van der Waals surface area (Å²) < 4.78 is 1.24. The molecule has 1 unspecified atom stereocenters. The van der Waals surface area contributed by atoms with Gasteiger partial charge in [-0.05, 0) is 0 Å². The molecule has 60 valence electrons. The van der Waals surface area contributed by atoms with Crippen LogP contribution in [-0.4, -0.2) is 21.7 Å². The topological polar surface area (TPSA) is 0 Å². The fourth-order valence-electron chi connectivity index (χ4n) is 0.956. The van der Waals surface area contributed by atoms with E-state index in [-0.39, 0.29) is 12.4 Å². The first-order valence-electron chi connectivity index (χ1n) is 3.78. The molecule has 0 aliphatic heterocycles. The molecule has 0 saturated carbocycles. The molecule has 1 atom stereocenters. The molecular formula is C9H15ClMg.